The van der Waals surface area contributed by atoms with Crippen molar-refractivity contribution in [2.75, 3.05) is 12.4 Å². The molecule has 0 spiro atoms. The maximum atomic E-state index is 11.6. The molecule has 0 aliphatic heterocycles. The lowest BCUT2D eigenvalue weighted by Crippen LogP contribution is -2.07. The number of thiazole rings is 1. The highest BCUT2D eigenvalue weighted by molar-refractivity contribution is 9.10. The van der Waals surface area contributed by atoms with Gasteiger partial charge >= 0.3 is 5.97 Å². The molecule has 0 fully saturated rings. The summed E-state index contributed by atoms with van der Waals surface area (Å²) in [6.07, 6.45) is 0. The van der Waals surface area contributed by atoms with Gasteiger partial charge in [-0.3, -0.25) is 4.79 Å². The zero-order chi connectivity index (χ0) is 15.6. The zero-order valence-corrected chi connectivity index (χ0v) is 14.1. The van der Waals surface area contributed by atoms with E-state index in [2.05, 4.69) is 31.0 Å². The number of methoxy groups -OCH3 is 1. The third-order valence-electron chi connectivity index (χ3n) is 2.73. The minimum atomic E-state index is -0.614. The number of esters is 1. The highest BCUT2D eigenvalue weighted by Gasteiger charge is 2.21. The number of halogens is 1. The molecule has 21 heavy (non-hydrogen) atoms. The standard InChI is InChI=1S/C14H13BrN2O3S/c1-7-6-9(4-5-10(7)15)16-14-17-11(13(19)20-3)12(21-14)8(2)18/h4-6H,1-3H3,(H,16,17). The van der Waals surface area contributed by atoms with Crippen molar-refractivity contribution in [2.24, 2.45) is 0 Å². The second-order valence-corrected chi connectivity index (χ2v) is 6.19. The van der Waals surface area contributed by atoms with Crippen molar-refractivity contribution in [1.82, 2.24) is 4.98 Å². The van der Waals surface area contributed by atoms with Crippen LogP contribution in [0.5, 0.6) is 0 Å². The number of carbonyl (C=O) groups is 2. The lowest BCUT2D eigenvalue weighted by Gasteiger charge is -2.04. The van der Waals surface area contributed by atoms with Gasteiger partial charge in [-0.25, -0.2) is 9.78 Å². The highest BCUT2D eigenvalue weighted by Crippen LogP contribution is 2.28. The van der Waals surface area contributed by atoms with Gasteiger partial charge in [0.25, 0.3) is 0 Å². The average Bonchev–Trinajstić information content (AvgIpc) is 2.86. The van der Waals surface area contributed by atoms with E-state index in [0.717, 1.165) is 27.1 Å². The Morgan fingerprint density at radius 2 is 2.10 bits per heavy atom. The van der Waals surface area contributed by atoms with Crippen LogP contribution in [0.25, 0.3) is 0 Å². The van der Waals surface area contributed by atoms with E-state index in [1.165, 1.54) is 14.0 Å². The molecule has 0 unspecified atom stereocenters. The summed E-state index contributed by atoms with van der Waals surface area (Å²) in [4.78, 5) is 27.7. The van der Waals surface area contributed by atoms with Crippen molar-refractivity contribution >= 4 is 49.8 Å². The number of hydrogen-bond donors (Lipinski definition) is 1. The predicted octanol–water partition coefficient (Wildman–Crippen LogP) is 3.95. The van der Waals surface area contributed by atoms with Crippen molar-refractivity contribution in [3.8, 4) is 0 Å². The fourth-order valence-electron chi connectivity index (χ4n) is 1.69. The number of Topliss-reactive ketones (excluding diaryl/α,β-unsaturated/α-hetero) is 1. The molecule has 0 amide bonds. The Morgan fingerprint density at radius 1 is 1.38 bits per heavy atom. The lowest BCUT2D eigenvalue weighted by molar-refractivity contribution is 0.0591. The Labute approximate surface area is 134 Å². The molecule has 1 aromatic carbocycles. The van der Waals surface area contributed by atoms with E-state index in [1.807, 2.05) is 25.1 Å². The second kappa shape index (κ2) is 6.36. The van der Waals surface area contributed by atoms with Gasteiger partial charge in [0.15, 0.2) is 16.6 Å². The summed E-state index contributed by atoms with van der Waals surface area (Å²) in [5.74, 6) is -0.829. The molecular weight excluding hydrogens is 356 g/mol. The number of nitrogens with one attached hydrogen (secondary N) is 1. The van der Waals surface area contributed by atoms with Gasteiger partial charge in [0.05, 0.1) is 7.11 Å². The van der Waals surface area contributed by atoms with Gasteiger partial charge < -0.3 is 10.1 Å². The Balaban J connectivity index is 2.34. The number of hydrogen-bond acceptors (Lipinski definition) is 6. The first kappa shape index (κ1) is 15.7. The van der Waals surface area contributed by atoms with Crippen LogP contribution in [0.2, 0.25) is 0 Å². The van der Waals surface area contributed by atoms with E-state index in [9.17, 15) is 9.59 Å². The maximum absolute atomic E-state index is 11.6. The summed E-state index contributed by atoms with van der Waals surface area (Å²) >= 11 is 4.56. The summed E-state index contributed by atoms with van der Waals surface area (Å²) in [6.45, 7) is 3.37. The molecule has 1 aromatic heterocycles. The molecule has 0 saturated heterocycles. The first-order chi connectivity index (χ1) is 9.92. The number of carbonyl (C=O) groups excluding carboxylic acids is 2. The van der Waals surface area contributed by atoms with Gasteiger partial charge in [-0.05, 0) is 30.7 Å². The molecule has 0 radical (unpaired) electrons. The maximum Gasteiger partial charge on any atom is 0.358 e. The van der Waals surface area contributed by atoms with Crippen LogP contribution in [0.4, 0.5) is 10.8 Å². The number of nitrogens with zero attached hydrogens (tertiary/aromatic N) is 1. The van der Waals surface area contributed by atoms with E-state index in [1.54, 1.807) is 0 Å². The van der Waals surface area contributed by atoms with Crippen LogP contribution in [0, 0.1) is 6.92 Å². The van der Waals surface area contributed by atoms with Crippen LogP contribution in [-0.4, -0.2) is 23.8 Å². The quantitative estimate of drug-likeness (QED) is 0.653. The van der Waals surface area contributed by atoms with Gasteiger partial charge in [-0.1, -0.05) is 27.3 Å². The number of aromatic nitrogens is 1. The Bertz CT molecular complexity index is 712. The number of benzene rings is 1. The number of ketones is 1. The topological polar surface area (TPSA) is 68.3 Å². The van der Waals surface area contributed by atoms with Gasteiger partial charge in [0.2, 0.25) is 0 Å². The average molecular weight is 369 g/mol. The van der Waals surface area contributed by atoms with Crippen molar-refractivity contribution in [3.63, 3.8) is 0 Å². The molecule has 5 nitrogen and oxygen atoms in total. The van der Waals surface area contributed by atoms with Crippen molar-refractivity contribution in [2.45, 2.75) is 13.8 Å². The van der Waals surface area contributed by atoms with Crippen molar-refractivity contribution < 1.29 is 14.3 Å². The molecule has 0 bridgehead atoms. The van der Waals surface area contributed by atoms with Gasteiger partial charge in [0, 0.05) is 17.1 Å². The van der Waals surface area contributed by atoms with Crippen LogP contribution in [0.15, 0.2) is 22.7 Å². The summed E-state index contributed by atoms with van der Waals surface area (Å²) in [7, 11) is 1.26. The van der Waals surface area contributed by atoms with Gasteiger partial charge in [-0.15, -0.1) is 0 Å². The van der Waals surface area contributed by atoms with Gasteiger partial charge in [-0.2, -0.15) is 0 Å². The summed E-state index contributed by atoms with van der Waals surface area (Å²) in [6, 6.07) is 5.73. The lowest BCUT2D eigenvalue weighted by atomic mass is 10.2. The van der Waals surface area contributed by atoms with Gasteiger partial charge in [0.1, 0.15) is 4.88 Å². The van der Waals surface area contributed by atoms with E-state index in [-0.39, 0.29) is 16.4 Å². The largest absolute Gasteiger partial charge is 0.464 e. The van der Waals surface area contributed by atoms with Crippen molar-refractivity contribution in [1.29, 1.82) is 0 Å². The minimum absolute atomic E-state index is 0.0475. The molecule has 0 aliphatic rings. The van der Waals surface area contributed by atoms with Crippen LogP contribution >= 0.6 is 27.3 Å². The Hall–Kier alpha value is -1.73. The van der Waals surface area contributed by atoms with Crippen LogP contribution < -0.4 is 5.32 Å². The van der Waals surface area contributed by atoms with Crippen molar-refractivity contribution in [3.05, 3.63) is 38.8 Å². The zero-order valence-electron chi connectivity index (χ0n) is 11.7. The Kier molecular flexibility index (Phi) is 4.74. The second-order valence-electron chi connectivity index (χ2n) is 4.33. The van der Waals surface area contributed by atoms with Crippen LogP contribution in [-0.2, 0) is 4.74 Å². The number of aryl methyl sites for hydroxylation is 1. The van der Waals surface area contributed by atoms with E-state index in [0.29, 0.717) is 5.13 Å². The highest BCUT2D eigenvalue weighted by atomic mass is 79.9. The van der Waals surface area contributed by atoms with Crippen LogP contribution in [0.3, 0.4) is 0 Å². The first-order valence-electron chi connectivity index (χ1n) is 6.05. The molecule has 1 N–H and O–H groups in total. The van der Waals surface area contributed by atoms with E-state index >= 15 is 0 Å². The third-order valence-corrected chi connectivity index (χ3v) is 4.70. The molecule has 110 valence electrons. The molecule has 2 rings (SSSR count). The molecular formula is C14H13BrN2O3S. The molecule has 0 saturated carbocycles. The smallest absolute Gasteiger partial charge is 0.358 e. The number of anilines is 2. The molecule has 0 aliphatic carbocycles. The molecule has 7 heteroatoms. The Morgan fingerprint density at radius 3 is 2.67 bits per heavy atom. The fourth-order valence-corrected chi connectivity index (χ4v) is 2.81. The SMILES string of the molecule is COC(=O)c1nc(Nc2ccc(Br)c(C)c2)sc1C(C)=O. The fraction of sp³-hybridized carbons (Fsp3) is 0.214. The third kappa shape index (κ3) is 3.48. The molecule has 0 atom stereocenters. The number of rotatable bonds is 4. The molecule has 1 heterocycles. The summed E-state index contributed by atoms with van der Waals surface area (Å²) < 4.78 is 5.65. The summed E-state index contributed by atoms with van der Waals surface area (Å²) in [5, 5.41) is 3.57. The monoisotopic (exact) mass is 368 g/mol. The van der Waals surface area contributed by atoms with E-state index in [4.69, 9.17) is 0 Å². The van der Waals surface area contributed by atoms with Crippen LogP contribution in [0.1, 0.15) is 32.6 Å². The minimum Gasteiger partial charge on any atom is -0.464 e. The molecule has 2 aromatic rings. The normalized spacial score (nSPS) is 10.3. The predicted molar refractivity (Wildman–Crippen MR) is 85.6 cm³/mol. The van der Waals surface area contributed by atoms with E-state index < -0.39 is 5.97 Å². The first-order valence-corrected chi connectivity index (χ1v) is 7.66. The number of ether oxygens (including phenoxy) is 1. The summed E-state index contributed by atoms with van der Waals surface area (Å²) in [5.41, 5.74) is 1.94.